The molecule has 3 aromatic rings. The predicted octanol–water partition coefficient (Wildman–Crippen LogP) is 3.20. The molecule has 0 saturated carbocycles. The average molecular weight is 434 g/mol. The van der Waals surface area contributed by atoms with Crippen LogP contribution >= 0.6 is 22.9 Å². The van der Waals surface area contributed by atoms with E-state index in [1.165, 1.54) is 29.7 Å². The molecule has 0 saturated heterocycles. The topological polar surface area (TPSA) is 96.9 Å². The van der Waals surface area contributed by atoms with E-state index in [0.29, 0.717) is 17.9 Å². The van der Waals surface area contributed by atoms with Crippen LogP contribution in [0, 0.1) is 19.7 Å². The van der Waals surface area contributed by atoms with Gasteiger partial charge in [0, 0.05) is 16.1 Å². The zero-order valence-electron chi connectivity index (χ0n) is 15.6. The Kier molecular flexibility index (Phi) is 6.50. The zero-order valence-corrected chi connectivity index (χ0v) is 17.2. The Bertz CT molecular complexity index is 1070. The lowest BCUT2D eigenvalue weighted by atomic mass is 10.2. The van der Waals surface area contributed by atoms with E-state index in [4.69, 9.17) is 11.6 Å². The number of thiazole rings is 1. The minimum atomic E-state index is -0.669. The van der Waals surface area contributed by atoms with Crippen LogP contribution in [-0.4, -0.2) is 26.8 Å². The molecule has 0 spiro atoms. The molecule has 0 aliphatic heterocycles. The normalized spacial score (nSPS) is 10.6. The molecular weight excluding hydrogens is 417 g/mol. The van der Waals surface area contributed by atoms with Crippen LogP contribution in [0.15, 0.2) is 30.6 Å². The third kappa shape index (κ3) is 5.33. The molecule has 0 aliphatic rings. The highest BCUT2D eigenvalue weighted by Gasteiger charge is 2.15. The summed E-state index contributed by atoms with van der Waals surface area (Å²) in [5.74, 6) is -1.64. The van der Waals surface area contributed by atoms with E-state index in [-0.39, 0.29) is 28.7 Å². The van der Waals surface area contributed by atoms with Gasteiger partial charge in [0.25, 0.3) is 11.8 Å². The van der Waals surface area contributed by atoms with Gasteiger partial charge < -0.3 is 10.6 Å². The predicted molar refractivity (Wildman–Crippen MR) is 107 cm³/mol. The van der Waals surface area contributed by atoms with Crippen molar-refractivity contribution in [1.82, 2.24) is 25.6 Å². The number of halogens is 2. The molecule has 29 heavy (non-hydrogen) atoms. The van der Waals surface area contributed by atoms with E-state index in [1.807, 2.05) is 6.92 Å². The van der Waals surface area contributed by atoms with E-state index >= 15 is 0 Å². The summed E-state index contributed by atoms with van der Waals surface area (Å²) in [6.45, 7) is 3.96. The molecule has 2 amide bonds. The Morgan fingerprint density at radius 2 is 1.86 bits per heavy atom. The summed E-state index contributed by atoms with van der Waals surface area (Å²) in [6.07, 6.45) is 3.05. The monoisotopic (exact) mass is 433 g/mol. The van der Waals surface area contributed by atoms with Crippen molar-refractivity contribution in [2.75, 3.05) is 0 Å². The van der Waals surface area contributed by atoms with Gasteiger partial charge in [0.1, 0.15) is 11.5 Å². The largest absolute Gasteiger partial charge is 0.346 e. The van der Waals surface area contributed by atoms with Crippen LogP contribution < -0.4 is 10.6 Å². The fraction of sp³-hybridized carbons (Fsp3) is 0.211. The summed E-state index contributed by atoms with van der Waals surface area (Å²) in [4.78, 5) is 37.9. The maximum atomic E-state index is 13.8. The standard InChI is InChI=1S/C19H17ClFN5O2S/c1-10-16(8-25-18(27)14-5-12(20)3-4-15(14)21)23-9-17(26-10)19(28)24-7-13-6-22-11(2)29-13/h3-6,9H,7-8H2,1-2H3,(H,24,28)(H,25,27). The van der Waals surface area contributed by atoms with E-state index in [9.17, 15) is 14.0 Å². The van der Waals surface area contributed by atoms with Crippen molar-refractivity contribution in [2.24, 2.45) is 0 Å². The van der Waals surface area contributed by atoms with E-state index in [0.717, 1.165) is 16.0 Å². The van der Waals surface area contributed by atoms with Crippen LogP contribution in [-0.2, 0) is 13.1 Å². The smallest absolute Gasteiger partial charge is 0.271 e. The number of nitrogens with one attached hydrogen (secondary N) is 2. The Morgan fingerprint density at radius 1 is 1.10 bits per heavy atom. The van der Waals surface area contributed by atoms with Crippen LogP contribution in [0.3, 0.4) is 0 Å². The van der Waals surface area contributed by atoms with Crippen molar-refractivity contribution in [3.8, 4) is 0 Å². The third-order valence-corrected chi connectivity index (χ3v) is 5.11. The van der Waals surface area contributed by atoms with Crippen molar-refractivity contribution in [3.05, 3.63) is 74.0 Å². The van der Waals surface area contributed by atoms with Gasteiger partial charge in [-0.05, 0) is 32.0 Å². The maximum absolute atomic E-state index is 13.8. The van der Waals surface area contributed by atoms with Crippen molar-refractivity contribution >= 4 is 34.8 Å². The number of aromatic nitrogens is 3. The number of carbonyl (C=O) groups is 2. The summed E-state index contributed by atoms with van der Waals surface area (Å²) in [5.41, 5.74) is 0.964. The van der Waals surface area contributed by atoms with E-state index in [1.54, 1.807) is 13.1 Å². The fourth-order valence-corrected chi connectivity index (χ4v) is 3.37. The Hall–Kier alpha value is -2.91. The fourth-order valence-electron chi connectivity index (χ4n) is 2.47. The van der Waals surface area contributed by atoms with Crippen molar-refractivity contribution < 1.29 is 14.0 Å². The number of aryl methyl sites for hydroxylation is 2. The first kappa shape index (κ1) is 20.8. The quantitative estimate of drug-likeness (QED) is 0.622. The van der Waals surface area contributed by atoms with Crippen LogP contribution in [0.5, 0.6) is 0 Å². The summed E-state index contributed by atoms with van der Waals surface area (Å²) < 4.78 is 13.8. The van der Waals surface area contributed by atoms with Gasteiger partial charge in [0.2, 0.25) is 0 Å². The van der Waals surface area contributed by atoms with Crippen LogP contribution in [0.2, 0.25) is 5.02 Å². The van der Waals surface area contributed by atoms with Crippen LogP contribution in [0.25, 0.3) is 0 Å². The summed E-state index contributed by atoms with van der Waals surface area (Å²) in [7, 11) is 0. The second-order valence-corrected chi connectivity index (χ2v) is 7.88. The van der Waals surface area contributed by atoms with E-state index < -0.39 is 11.7 Å². The minimum absolute atomic E-state index is 0.0334. The first-order chi connectivity index (χ1) is 13.8. The van der Waals surface area contributed by atoms with Gasteiger partial charge in [0.15, 0.2) is 0 Å². The van der Waals surface area contributed by atoms with E-state index in [2.05, 4.69) is 25.6 Å². The van der Waals surface area contributed by atoms with Gasteiger partial charge in [-0.2, -0.15) is 0 Å². The molecule has 0 bridgehead atoms. The number of amides is 2. The first-order valence-corrected chi connectivity index (χ1v) is 9.78. The number of benzene rings is 1. The lowest BCUT2D eigenvalue weighted by Gasteiger charge is -2.09. The summed E-state index contributed by atoms with van der Waals surface area (Å²) in [6, 6.07) is 3.75. The Morgan fingerprint density at radius 3 is 2.55 bits per heavy atom. The molecule has 0 fully saturated rings. The maximum Gasteiger partial charge on any atom is 0.271 e. The van der Waals surface area contributed by atoms with Crippen LogP contribution in [0.1, 0.15) is 42.1 Å². The van der Waals surface area contributed by atoms with Gasteiger partial charge >= 0.3 is 0 Å². The molecule has 0 radical (unpaired) electrons. The number of carbonyl (C=O) groups excluding carboxylic acids is 2. The molecule has 0 atom stereocenters. The molecule has 150 valence electrons. The van der Waals surface area contributed by atoms with Gasteiger partial charge in [-0.25, -0.2) is 14.4 Å². The summed E-state index contributed by atoms with van der Waals surface area (Å²) >= 11 is 7.31. The zero-order chi connectivity index (χ0) is 21.0. The average Bonchev–Trinajstić information content (AvgIpc) is 3.12. The Labute approximate surface area is 175 Å². The molecular formula is C19H17ClFN5O2S. The molecule has 1 aromatic carbocycles. The number of hydrogen-bond acceptors (Lipinski definition) is 6. The first-order valence-electron chi connectivity index (χ1n) is 8.58. The second kappa shape index (κ2) is 9.06. The number of nitrogens with zero attached hydrogens (tertiary/aromatic N) is 3. The molecule has 2 N–H and O–H groups in total. The molecule has 7 nitrogen and oxygen atoms in total. The minimum Gasteiger partial charge on any atom is -0.346 e. The number of hydrogen-bond donors (Lipinski definition) is 2. The van der Waals surface area contributed by atoms with Crippen molar-refractivity contribution in [3.63, 3.8) is 0 Å². The summed E-state index contributed by atoms with van der Waals surface area (Å²) in [5, 5.41) is 6.52. The molecule has 3 rings (SSSR count). The third-order valence-electron chi connectivity index (χ3n) is 3.96. The highest BCUT2D eigenvalue weighted by Crippen LogP contribution is 2.15. The van der Waals surface area contributed by atoms with Gasteiger partial charge in [-0.15, -0.1) is 11.3 Å². The lowest BCUT2D eigenvalue weighted by Crippen LogP contribution is -2.26. The lowest BCUT2D eigenvalue weighted by molar-refractivity contribution is 0.0935. The van der Waals surface area contributed by atoms with Gasteiger partial charge in [-0.3, -0.25) is 14.6 Å². The highest BCUT2D eigenvalue weighted by atomic mass is 35.5. The SMILES string of the molecule is Cc1ncc(CNC(=O)c2cnc(CNC(=O)c3cc(Cl)ccc3F)c(C)n2)s1. The van der Waals surface area contributed by atoms with Crippen molar-refractivity contribution in [1.29, 1.82) is 0 Å². The molecule has 0 unspecified atom stereocenters. The highest BCUT2D eigenvalue weighted by molar-refractivity contribution is 7.11. The molecule has 2 aromatic heterocycles. The Balaban J connectivity index is 1.61. The van der Waals surface area contributed by atoms with Crippen LogP contribution in [0.4, 0.5) is 4.39 Å². The molecule has 2 heterocycles. The molecule has 0 aliphatic carbocycles. The van der Waals surface area contributed by atoms with Gasteiger partial charge in [-0.1, -0.05) is 11.6 Å². The van der Waals surface area contributed by atoms with Crippen molar-refractivity contribution in [2.45, 2.75) is 26.9 Å². The second-order valence-electron chi connectivity index (χ2n) is 6.12. The number of rotatable bonds is 6. The van der Waals surface area contributed by atoms with Gasteiger partial charge in [0.05, 0.1) is 41.2 Å². The molecule has 10 heteroatoms.